The van der Waals surface area contributed by atoms with E-state index in [0.29, 0.717) is 6.04 Å². The fourth-order valence-electron chi connectivity index (χ4n) is 2.75. The molecule has 2 rings (SSSR count). The number of aromatic nitrogens is 1. The van der Waals surface area contributed by atoms with Gasteiger partial charge in [-0.3, -0.25) is 4.79 Å². The van der Waals surface area contributed by atoms with Gasteiger partial charge in [-0.05, 0) is 26.2 Å². The van der Waals surface area contributed by atoms with Crippen molar-refractivity contribution < 1.29 is 4.79 Å². The number of hydrogen-bond donors (Lipinski definition) is 0. The monoisotopic (exact) mass is 266 g/mol. The number of thiazole rings is 1. The van der Waals surface area contributed by atoms with Gasteiger partial charge in [0.2, 0.25) is 0 Å². The lowest BCUT2D eigenvalue weighted by Gasteiger charge is -2.26. The van der Waals surface area contributed by atoms with Crippen LogP contribution < -0.4 is 4.90 Å². The first-order valence-electron chi connectivity index (χ1n) is 7.01. The lowest BCUT2D eigenvalue weighted by molar-refractivity contribution is 0.112. The van der Waals surface area contributed by atoms with Gasteiger partial charge in [-0.25, -0.2) is 4.98 Å². The van der Waals surface area contributed by atoms with Crippen molar-refractivity contribution in [3.63, 3.8) is 0 Å². The summed E-state index contributed by atoms with van der Waals surface area (Å²) in [6.45, 7) is 5.30. The molecule has 0 unspecified atom stereocenters. The standard InChI is InChI=1S/C14H22N2OS/c1-3-7-12-13(10-17)18-14(15-12)16(4-2)11-8-5-6-9-11/h10-11H,3-9H2,1-2H3. The Labute approximate surface area is 113 Å². The third kappa shape index (κ3) is 2.74. The van der Waals surface area contributed by atoms with Gasteiger partial charge >= 0.3 is 0 Å². The minimum absolute atomic E-state index is 0.634. The summed E-state index contributed by atoms with van der Waals surface area (Å²) >= 11 is 1.57. The van der Waals surface area contributed by atoms with Crippen LogP contribution in [0.25, 0.3) is 0 Å². The second-order valence-corrected chi connectivity index (χ2v) is 5.91. The number of carbonyl (C=O) groups excluding carboxylic acids is 1. The number of carbonyl (C=O) groups is 1. The Kier molecular flexibility index (Phi) is 4.75. The number of anilines is 1. The largest absolute Gasteiger partial charge is 0.345 e. The van der Waals surface area contributed by atoms with Crippen molar-refractivity contribution in [2.45, 2.75) is 58.4 Å². The third-order valence-electron chi connectivity index (χ3n) is 3.66. The molecule has 1 heterocycles. The molecule has 0 saturated heterocycles. The normalized spacial score (nSPS) is 16.1. The Morgan fingerprint density at radius 3 is 2.67 bits per heavy atom. The molecule has 18 heavy (non-hydrogen) atoms. The van der Waals surface area contributed by atoms with E-state index in [-0.39, 0.29) is 0 Å². The predicted octanol–water partition coefficient (Wildman–Crippen LogP) is 3.68. The predicted molar refractivity (Wildman–Crippen MR) is 76.8 cm³/mol. The van der Waals surface area contributed by atoms with Gasteiger partial charge in [0.1, 0.15) is 0 Å². The average molecular weight is 266 g/mol. The van der Waals surface area contributed by atoms with Crippen molar-refractivity contribution >= 4 is 22.8 Å². The fraction of sp³-hybridized carbons (Fsp3) is 0.714. The average Bonchev–Trinajstić information content (AvgIpc) is 3.01. The molecular weight excluding hydrogens is 244 g/mol. The molecule has 100 valence electrons. The summed E-state index contributed by atoms with van der Waals surface area (Å²) in [7, 11) is 0. The smallest absolute Gasteiger partial charge is 0.186 e. The van der Waals surface area contributed by atoms with Crippen molar-refractivity contribution in [3.8, 4) is 0 Å². The first-order chi connectivity index (χ1) is 8.80. The van der Waals surface area contributed by atoms with E-state index < -0.39 is 0 Å². The van der Waals surface area contributed by atoms with Crippen molar-refractivity contribution in [3.05, 3.63) is 10.6 Å². The molecule has 0 aromatic carbocycles. The molecule has 4 heteroatoms. The zero-order valence-corrected chi connectivity index (χ0v) is 12.1. The minimum atomic E-state index is 0.634. The summed E-state index contributed by atoms with van der Waals surface area (Å²) in [6, 6.07) is 0.634. The zero-order valence-electron chi connectivity index (χ0n) is 11.3. The van der Waals surface area contributed by atoms with Crippen molar-refractivity contribution in [1.82, 2.24) is 4.98 Å². The van der Waals surface area contributed by atoms with Gasteiger partial charge in [0.25, 0.3) is 0 Å². The molecule has 0 radical (unpaired) electrons. The maximum Gasteiger partial charge on any atom is 0.186 e. The Morgan fingerprint density at radius 1 is 1.39 bits per heavy atom. The third-order valence-corrected chi connectivity index (χ3v) is 4.72. The van der Waals surface area contributed by atoms with Crippen LogP contribution >= 0.6 is 11.3 Å². The topological polar surface area (TPSA) is 33.2 Å². The highest BCUT2D eigenvalue weighted by atomic mass is 32.1. The van der Waals surface area contributed by atoms with Gasteiger partial charge in [-0.1, -0.05) is 37.5 Å². The van der Waals surface area contributed by atoms with Crippen LogP contribution in [-0.2, 0) is 6.42 Å². The second kappa shape index (κ2) is 6.32. The molecule has 3 nitrogen and oxygen atoms in total. The van der Waals surface area contributed by atoms with Gasteiger partial charge < -0.3 is 4.90 Å². The minimum Gasteiger partial charge on any atom is -0.345 e. The zero-order chi connectivity index (χ0) is 13.0. The Balaban J connectivity index is 2.21. The van der Waals surface area contributed by atoms with Gasteiger partial charge in [-0.2, -0.15) is 0 Å². The quantitative estimate of drug-likeness (QED) is 0.736. The lowest BCUT2D eigenvalue weighted by atomic mass is 10.2. The maximum atomic E-state index is 11.1. The van der Waals surface area contributed by atoms with Crippen LogP contribution in [0, 0.1) is 0 Å². The summed E-state index contributed by atoms with van der Waals surface area (Å²) in [4.78, 5) is 19.0. The van der Waals surface area contributed by atoms with Crippen molar-refractivity contribution in [2.24, 2.45) is 0 Å². The van der Waals surface area contributed by atoms with Crippen LogP contribution in [0.4, 0.5) is 5.13 Å². The van der Waals surface area contributed by atoms with Crippen LogP contribution in [0.5, 0.6) is 0 Å². The highest BCUT2D eigenvalue weighted by Gasteiger charge is 2.24. The summed E-state index contributed by atoms with van der Waals surface area (Å²) < 4.78 is 0. The molecule has 0 atom stereocenters. The summed E-state index contributed by atoms with van der Waals surface area (Å²) in [5.41, 5.74) is 0.990. The second-order valence-electron chi connectivity index (χ2n) is 4.90. The van der Waals surface area contributed by atoms with Crippen molar-refractivity contribution in [1.29, 1.82) is 0 Å². The van der Waals surface area contributed by atoms with E-state index in [1.165, 1.54) is 25.7 Å². The number of nitrogens with zero attached hydrogens (tertiary/aromatic N) is 2. The molecule has 0 spiro atoms. The molecule has 1 aromatic rings. The Morgan fingerprint density at radius 2 is 2.11 bits per heavy atom. The molecule has 0 bridgehead atoms. The van der Waals surface area contributed by atoms with Gasteiger partial charge in [0.15, 0.2) is 11.4 Å². The van der Waals surface area contributed by atoms with Gasteiger partial charge in [0.05, 0.1) is 10.6 Å². The molecule has 1 saturated carbocycles. The molecule has 0 N–H and O–H groups in total. The van der Waals surface area contributed by atoms with E-state index in [4.69, 9.17) is 4.98 Å². The van der Waals surface area contributed by atoms with Crippen LogP contribution in [0.3, 0.4) is 0 Å². The van der Waals surface area contributed by atoms with Gasteiger partial charge in [0, 0.05) is 12.6 Å². The summed E-state index contributed by atoms with van der Waals surface area (Å²) in [5.74, 6) is 0. The van der Waals surface area contributed by atoms with Crippen LogP contribution in [0.1, 0.15) is 61.3 Å². The van der Waals surface area contributed by atoms with E-state index in [9.17, 15) is 4.79 Å². The summed E-state index contributed by atoms with van der Waals surface area (Å²) in [6.07, 6.45) is 8.12. The lowest BCUT2D eigenvalue weighted by Crippen LogP contribution is -2.32. The van der Waals surface area contributed by atoms with Crippen molar-refractivity contribution in [2.75, 3.05) is 11.4 Å². The van der Waals surface area contributed by atoms with E-state index in [2.05, 4.69) is 18.7 Å². The SMILES string of the molecule is CCCc1nc(N(CC)C2CCCC2)sc1C=O. The molecule has 0 aliphatic heterocycles. The molecular formula is C14H22N2OS. The van der Waals surface area contributed by atoms with Crippen LogP contribution in [0.15, 0.2) is 0 Å². The van der Waals surface area contributed by atoms with Gasteiger partial charge in [-0.15, -0.1) is 0 Å². The first kappa shape index (κ1) is 13.5. The molecule has 1 aromatic heterocycles. The highest BCUT2D eigenvalue weighted by molar-refractivity contribution is 7.17. The van der Waals surface area contributed by atoms with Crippen LogP contribution in [-0.4, -0.2) is 23.9 Å². The van der Waals surface area contributed by atoms with E-state index in [0.717, 1.165) is 41.4 Å². The molecule has 1 aliphatic rings. The number of aldehydes is 1. The number of aryl methyl sites for hydroxylation is 1. The maximum absolute atomic E-state index is 11.1. The first-order valence-corrected chi connectivity index (χ1v) is 7.83. The van der Waals surface area contributed by atoms with E-state index in [1.807, 2.05) is 0 Å². The molecule has 0 amide bonds. The summed E-state index contributed by atoms with van der Waals surface area (Å²) in [5, 5.41) is 1.05. The van der Waals surface area contributed by atoms with Crippen LogP contribution in [0.2, 0.25) is 0 Å². The fourth-order valence-corrected chi connectivity index (χ4v) is 3.81. The van der Waals surface area contributed by atoms with E-state index in [1.54, 1.807) is 11.3 Å². The Bertz CT molecular complexity index is 396. The van der Waals surface area contributed by atoms with E-state index >= 15 is 0 Å². The highest BCUT2D eigenvalue weighted by Crippen LogP contribution is 2.32. The number of hydrogen-bond acceptors (Lipinski definition) is 4. The molecule has 1 aliphatic carbocycles. The number of rotatable bonds is 6. The molecule has 1 fully saturated rings. The Hall–Kier alpha value is -0.900.